The molecule has 1 saturated heterocycles. The lowest BCUT2D eigenvalue weighted by Gasteiger charge is -2.28. The number of nitrogens with zero attached hydrogens (tertiary/aromatic N) is 2. The van der Waals surface area contributed by atoms with Gasteiger partial charge in [-0.1, -0.05) is 67.6 Å². The largest absolute Gasteiger partial charge is 0.460 e. The molecule has 1 aliphatic heterocycles. The minimum Gasteiger partial charge on any atom is -0.460 e. The normalized spacial score (nSPS) is 16.2. The minimum absolute atomic E-state index is 0.0895. The third-order valence-electron chi connectivity index (χ3n) is 6.05. The van der Waals surface area contributed by atoms with Gasteiger partial charge in [-0.15, -0.1) is 0 Å². The Morgan fingerprint density at radius 1 is 0.872 bits per heavy atom. The van der Waals surface area contributed by atoms with Gasteiger partial charge in [0.25, 0.3) is 0 Å². The van der Waals surface area contributed by atoms with Crippen LogP contribution in [-0.4, -0.2) is 64.9 Å². The Balaban J connectivity index is 1.84. The molecular formula is C29H34N2O8. The molecule has 0 spiro atoms. The van der Waals surface area contributed by atoms with Crippen molar-refractivity contribution in [3.8, 4) is 0 Å². The minimum atomic E-state index is -1.68. The van der Waals surface area contributed by atoms with Crippen LogP contribution in [0.4, 0.5) is 4.79 Å². The highest BCUT2D eigenvalue weighted by molar-refractivity contribution is 6.06. The van der Waals surface area contributed by atoms with Crippen molar-refractivity contribution in [3.63, 3.8) is 0 Å². The molecule has 0 N–H and O–H groups in total. The van der Waals surface area contributed by atoms with Gasteiger partial charge < -0.3 is 19.1 Å². The molecule has 2 atom stereocenters. The monoisotopic (exact) mass is 538 g/mol. The summed E-state index contributed by atoms with van der Waals surface area (Å²) < 4.78 is 16.2. The fraction of sp³-hybridized carbons (Fsp3) is 0.414. The first-order valence-corrected chi connectivity index (χ1v) is 12.6. The third-order valence-corrected chi connectivity index (χ3v) is 6.05. The molecule has 1 fully saturated rings. The molecule has 10 heteroatoms. The molecule has 0 aliphatic carbocycles. The van der Waals surface area contributed by atoms with E-state index >= 15 is 0 Å². The molecule has 1 heterocycles. The van der Waals surface area contributed by atoms with Crippen molar-refractivity contribution in [2.45, 2.75) is 52.6 Å². The molecule has 1 aliphatic rings. The molecule has 0 saturated carbocycles. The molecule has 208 valence electrons. The average molecular weight is 539 g/mol. The summed E-state index contributed by atoms with van der Waals surface area (Å²) in [5.74, 6) is -6.67. The zero-order chi connectivity index (χ0) is 28.7. The summed E-state index contributed by atoms with van der Waals surface area (Å²) in [6.07, 6.45) is 0. The lowest BCUT2D eigenvalue weighted by molar-refractivity contribution is -0.170. The van der Waals surface area contributed by atoms with Gasteiger partial charge in [0.15, 0.2) is 12.0 Å². The zero-order valence-electron chi connectivity index (χ0n) is 22.8. The Morgan fingerprint density at radius 2 is 1.33 bits per heavy atom. The molecule has 2 aromatic carbocycles. The summed E-state index contributed by atoms with van der Waals surface area (Å²) in [5.41, 5.74) is 0.511. The molecule has 3 rings (SSSR count). The number of hydrogen-bond donors (Lipinski definition) is 0. The van der Waals surface area contributed by atoms with Gasteiger partial charge >= 0.3 is 23.9 Å². The predicted molar refractivity (Wildman–Crippen MR) is 140 cm³/mol. The van der Waals surface area contributed by atoms with E-state index in [4.69, 9.17) is 14.2 Å². The first-order chi connectivity index (χ1) is 18.4. The van der Waals surface area contributed by atoms with Crippen molar-refractivity contribution in [1.29, 1.82) is 0 Å². The zero-order valence-corrected chi connectivity index (χ0v) is 22.8. The third kappa shape index (κ3) is 7.66. The molecule has 10 nitrogen and oxygen atoms in total. The van der Waals surface area contributed by atoms with Crippen molar-refractivity contribution >= 4 is 29.8 Å². The molecule has 0 bridgehead atoms. The van der Waals surface area contributed by atoms with E-state index < -0.39 is 53.3 Å². The number of rotatable bonds is 9. The Morgan fingerprint density at radius 3 is 1.77 bits per heavy atom. The average Bonchev–Trinajstić information content (AvgIpc) is 3.20. The summed E-state index contributed by atoms with van der Waals surface area (Å²) in [6, 6.07) is 15.7. The van der Waals surface area contributed by atoms with E-state index in [2.05, 4.69) is 0 Å². The van der Waals surface area contributed by atoms with Gasteiger partial charge in [-0.05, 0) is 31.9 Å². The molecule has 2 aromatic rings. The van der Waals surface area contributed by atoms with Crippen LogP contribution in [0.2, 0.25) is 0 Å². The topological polar surface area (TPSA) is 120 Å². The highest BCUT2D eigenvalue weighted by atomic mass is 16.6. The maximum absolute atomic E-state index is 13.6. The van der Waals surface area contributed by atoms with E-state index in [9.17, 15) is 24.0 Å². The summed E-state index contributed by atoms with van der Waals surface area (Å²) in [5, 5.41) is 0. The fourth-order valence-electron chi connectivity index (χ4n) is 4.04. The van der Waals surface area contributed by atoms with Crippen LogP contribution >= 0.6 is 0 Å². The Kier molecular flexibility index (Phi) is 9.45. The standard InChI is InChI=1S/C29H34N2O8/c1-19(24(32)31-22(16-30(5)28(31)36)25(33)39-29(2,3)4)23(26(34)37-17-20-12-8-6-9-13-20)27(35)38-18-21-14-10-7-11-15-21/h6-15,19,22-23H,16-18H2,1-5H3/t19-,22-/m0/s1. The lowest BCUT2D eigenvalue weighted by atomic mass is 9.92. The number of ether oxygens (including phenoxy) is 3. The number of amides is 3. The number of esters is 3. The smallest absolute Gasteiger partial charge is 0.331 e. The lowest BCUT2D eigenvalue weighted by Crippen LogP contribution is -2.51. The fourth-order valence-corrected chi connectivity index (χ4v) is 4.04. The first-order valence-electron chi connectivity index (χ1n) is 12.6. The number of benzene rings is 2. The van der Waals surface area contributed by atoms with Gasteiger partial charge in [0.2, 0.25) is 5.91 Å². The number of hydrogen-bond acceptors (Lipinski definition) is 8. The van der Waals surface area contributed by atoms with Gasteiger partial charge in [0.1, 0.15) is 18.8 Å². The van der Waals surface area contributed by atoms with Gasteiger partial charge in [0, 0.05) is 7.05 Å². The van der Waals surface area contributed by atoms with E-state index in [1.165, 1.54) is 18.9 Å². The number of carbonyl (C=O) groups is 5. The second-order valence-corrected chi connectivity index (χ2v) is 10.4. The molecule has 0 unspecified atom stereocenters. The Hall–Kier alpha value is -4.21. The van der Waals surface area contributed by atoms with E-state index in [1.807, 2.05) is 0 Å². The summed E-state index contributed by atoms with van der Waals surface area (Å²) in [4.78, 5) is 67.8. The van der Waals surface area contributed by atoms with Crippen LogP contribution in [0.3, 0.4) is 0 Å². The highest BCUT2D eigenvalue weighted by Gasteiger charge is 2.50. The van der Waals surface area contributed by atoms with Gasteiger partial charge in [-0.25, -0.2) is 14.5 Å². The van der Waals surface area contributed by atoms with E-state index in [0.717, 1.165) is 4.90 Å². The van der Waals surface area contributed by atoms with E-state index in [1.54, 1.807) is 81.4 Å². The molecule has 0 aromatic heterocycles. The maximum atomic E-state index is 13.6. The van der Waals surface area contributed by atoms with Crippen LogP contribution in [0.25, 0.3) is 0 Å². The first kappa shape index (κ1) is 29.3. The van der Waals surface area contributed by atoms with Crippen LogP contribution < -0.4 is 0 Å². The second kappa shape index (κ2) is 12.6. The predicted octanol–water partition coefficient (Wildman–Crippen LogP) is 3.33. The summed E-state index contributed by atoms with van der Waals surface area (Å²) in [7, 11) is 1.44. The van der Waals surface area contributed by atoms with Crippen molar-refractivity contribution in [2.24, 2.45) is 11.8 Å². The number of likely N-dealkylation sites (N-methyl/N-ethyl adjacent to an activating group) is 1. The summed E-state index contributed by atoms with van der Waals surface area (Å²) >= 11 is 0. The Labute approximate surface area is 227 Å². The Bertz CT molecular complexity index is 1140. The van der Waals surface area contributed by atoms with Crippen LogP contribution in [0.15, 0.2) is 60.7 Å². The van der Waals surface area contributed by atoms with Gasteiger partial charge in [-0.2, -0.15) is 0 Å². The van der Waals surface area contributed by atoms with Crippen LogP contribution in [0.5, 0.6) is 0 Å². The van der Waals surface area contributed by atoms with Crippen LogP contribution in [0.1, 0.15) is 38.8 Å². The van der Waals surface area contributed by atoms with Crippen molar-refractivity contribution in [1.82, 2.24) is 9.80 Å². The molecule has 3 amide bonds. The van der Waals surface area contributed by atoms with Crippen LogP contribution in [0, 0.1) is 11.8 Å². The van der Waals surface area contributed by atoms with E-state index in [-0.39, 0.29) is 19.8 Å². The number of imide groups is 1. The SMILES string of the molecule is C[C@H](C(=O)N1C(=O)N(C)C[C@H]1C(=O)OC(C)(C)C)C(C(=O)OCc1ccccc1)C(=O)OCc1ccccc1. The maximum Gasteiger partial charge on any atom is 0.331 e. The van der Waals surface area contributed by atoms with E-state index in [0.29, 0.717) is 11.1 Å². The highest BCUT2D eigenvalue weighted by Crippen LogP contribution is 2.26. The van der Waals surface area contributed by atoms with Crippen molar-refractivity contribution in [3.05, 3.63) is 71.8 Å². The molecule has 0 radical (unpaired) electrons. The van der Waals surface area contributed by atoms with Crippen molar-refractivity contribution < 1.29 is 38.2 Å². The van der Waals surface area contributed by atoms with Gasteiger partial charge in [-0.3, -0.25) is 14.4 Å². The van der Waals surface area contributed by atoms with Gasteiger partial charge in [0.05, 0.1) is 12.5 Å². The summed E-state index contributed by atoms with van der Waals surface area (Å²) in [6.45, 7) is 5.99. The number of urea groups is 1. The van der Waals surface area contributed by atoms with Crippen molar-refractivity contribution in [2.75, 3.05) is 13.6 Å². The van der Waals surface area contributed by atoms with Crippen LogP contribution in [-0.2, 0) is 46.6 Å². The number of carbonyl (C=O) groups excluding carboxylic acids is 5. The molecular weight excluding hydrogens is 504 g/mol. The molecule has 39 heavy (non-hydrogen) atoms. The second-order valence-electron chi connectivity index (χ2n) is 10.4. The quantitative estimate of drug-likeness (QED) is 0.271.